The van der Waals surface area contributed by atoms with E-state index in [1.807, 2.05) is 0 Å². The molecule has 1 aliphatic rings. The van der Waals surface area contributed by atoms with Crippen LogP contribution in [0.25, 0.3) is 0 Å². The Balaban J connectivity index is 0.000000816. The summed E-state index contributed by atoms with van der Waals surface area (Å²) in [5.41, 5.74) is 3.53. The first-order chi connectivity index (χ1) is 10.6. The third kappa shape index (κ3) is 5.39. The van der Waals surface area contributed by atoms with Crippen LogP contribution in [0, 0.1) is 12.8 Å². The Kier molecular flexibility index (Phi) is 7.99. The first-order valence-electron chi connectivity index (χ1n) is 8.36. The number of rotatable bonds is 2. The summed E-state index contributed by atoms with van der Waals surface area (Å²) in [5, 5.41) is 10.8. The van der Waals surface area contributed by atoms with Gasteiger partial charge in [-0.25, -0.2) is 0 Å². The molecular weight excluding hydrogens is 363 g/mol. The molecule has 1 nitrogen and oxygen atoms in total. The van der Waals surface area contributed by atoms with Crippen LogP contribution in [0.4, 0.5) is 0 Å². The van der Waals surface area contributed by atoms with Gasteiger partial charge >= 0.3 is 35.6 Å². The molecule has 1 saturated carbocycles. The quantitative estimate of drug-likeness (QED) is 0.546. The van der Waals surface area contributed by atoms with Crippen LogP contribution in [-0.4, -0.2) is 5.11 Å². The van der Waals surface area contributed by atoms with Gasteiger partial charge in [-0.05, 0) is 42.1 Å². The predicted octanol–water partition coefficient (Wildman–Crippen LogP) is 6.84. The van der Waals surface area contributed by atoms with E-state index >= 15 is 0 Å². The number of phenols is 1. The Morgan fingerprint density at radius 3 is 1.87 bits per heavy atom. The van der Waals surface area contributed by atoms with Crippen LogP contribution in [0.2, 0.25) is 0 Å². The van der Waals surface area contributed by atoms with Gasteiger partial charge in [-0.1, -0.05) is 65.2 Å². The molecule has 4 heteroatoms. The van der Waals surface area contributed by atoms with Gasteiger partial charge in [-0.3, -0.25) is 0 Å². The van der Waals surface area contributed by atoms with Crippen molar-refractivity contribution in [2.24, 2.45) is 5.92 Å². The van der Waals surface area contributed by atoms with Crippen LogP contribution < -0.4 is 0 Å². The first-order valence-corrected chi connectivity index (χ1v) is 12.7. The van der Waals surface area contributed by atoms with Crippen LogP contribution in [0.3, 0.4) is 0 Å². The second-order valence-electron chi connectivity index (χ2n) is 8.23. The van der Waals surface area contributed by atoms with Crippen molar-refractivity contribution in [1.29, 1.82) is 0 Å². The summed E-state index contributed by atoms with van der Waals surface area (Å²) in [6, 6.07) is 4.34. The normalized spacial score (nSPS) is 16.0. The van der Waals surface area contributed by atoms with E-state index in [4.69, 9.17) is 18.6 Å². The van der Waals surface area contributed by atoms with E-state index in [0.717, 1.165) is 11.1 Å². The van der Waals surface area contributed by atoms with E-state index < -0.39 is 17.0 Å². The van der Waals surface area contributed by atoms with E-state index in [-0.39, 0.29) is 10.8 Å². The topological polar surface area (TPSA) is 20.2 Å². The molecule has 0 amide bonds. The molecule has 130 valence electrons. The molecule has 0 aromatic heterocycles. The maximum atomic E-state index is 10.8. The number of halogens is 2. The third-order valence-corrected chi connectivity index (χ3v) is 5.13. The summed E-state index contributed by atoms with van der Waals surface area (Å²) in [7, 11) is 9.78. The number of benzene rings is 1. The van der Waals surface area contributed by atoms with Gasteiger partial charge < -0.3 is 5.11 Å². The van der Waals surface area contributed by atoms with Gasteiger partial charge in [0.25, 0.3) is 0 Å². The summed E-state index contributed by atoms with van der Waals surface area (Å²) in [6.45, 7) is 13.3. The van der Waals surface area contributed by atoms with E-state index in [2.05, 4.69) is 53.7 Å². The molecule has 1 aromatic rings. The molecule has 1 fully saturated rings. The minimum absolute atomic E-state index is 0.0173. The molecule has 1 N–H and O–H groups in total. The first kappa shape index (κ1) is 21.4. The zero-order chi connectivity index (χ0) is 17.8. The maximum absolute atomic E-state index is 10.8. The van der Waals surface area contributed by atoms with Gasteiger partial charge in [-0.15, -0.1) is 0 Å². The Morgan fingerprint density at radius 1 is 1.00 bits per heavy atom. The van der Waals surface area contributed by atoms with Crippen molar-refractivity contribution in [3.05, 3.63) is 28.8 Å². The van der Waals surface area contributed by atoms with Crippen molar-refractivity contribution in [1.82, 2.24) is 0 Å². The van der Waals surface area contributed by atoms with Crippen molar-refractivity contribution < 1.29 is 22.1 Å². The van der Waals surface area contributed by atoms with Crippen molar-refractivity contribution >= 4 is 18.6 Å². The molecule has 2 rings (SSSR count). The van der Waals surface area contributed by atoms with Gasteiger partial charge in [0.1, 0.15) is 5.75 Å². The van der Waals surface area contributed by atoms with Crippen molar-refractivity contribution in [2.45, 2.75) is 78.1 Å². The summed E-state index contributed by atoms with van der Waals surface area (Å²) < 4.78 is 0. The van der Waals surface area contributed by atoms with Gasteiger partial charge in [0.2, 0.25) is 0 Å². The van der Waals surface area contributed by atoms with E-state index in [1.54, 1.807) is 0 Å². The van der Waals surface area contributed by atoms with Crippen molar-refractivity contribution in [3.8, 4) is 5.75 Å². The average molecular weight is 393 g/mol. The van der Waals surface area contributed by atoms with Crippen LogP contribution in [0.15, 0.2) is 12.1 Å². The van der Waals surface area contributed by atoms with Crippen molar-refractivity contribution in [2.75, 3.05) is 0 Å². The van der Waals surface area contributed by atoms with Gasteiger partial charge in [-0.2, -0.15) is 0 Å². The fraction of sp³-hybridized carbons (Fsp3) is 0.684. The SMILES string of the molecule is Cc1cc(C(C)(C)C)c(O)c(C(C)(C)C2CCCC2)c1.[Cl][Ti][Cl]. The van der Waals surface area contributed by atoms with Gasteiger partial charge in [0, 0.05) is 5.56 Å². The molecule has 0 radical (unpaired) electrons. The summed E-state index contributed by atoms with van der Waals surface area (Å²) >= 11 is -0.556. The fourth-order valence-corrected chi connectivity index (χ4v) is 3.71. The molecule has 1 aromatic carbocycles. The molecular formula is C19H30Cl2OTi. The zero-order valence-electron chi connectivity index (χ0n) is 15.3. The van der Waals surface area contributed by atoms with E-state index in [1.165, 1.54) is 31.2 Å². The third-order valence-electron chi connectivity index (χ3n) is 5.13. The Labute approximate surface area is 158 Å². The summed E-state index contributed by atoms with van der Waals surface area (Å²) in [6.07, 6.45) is 5.27. The molecule has 0 atom stereocenters. The van der Waals surface area contributed by atoms with Gasteiger partial charge in [0.05, 0.1) is 0 Å². The minimum atomic E-state index is -0.556. The fourth-order valence-electron chi connectivity index (χ4n) is 3.71. The van der Waals surface area contributed by atoms with Crippen LogP contribution in [-0.2, 0) is 27.9 Å². The van der Waals surface area contributed by atoms with Crippen molar-refractivity contribution in [3.63, 3.8) is 0 Å². The number of hydrogen-bond donors (Lipinski definition) is 1. The molecule has 0 bridgehead atoms. The number of phenolic OH excluding ortho intramolecular Hbond substituents is 1. The average Bonchev–Trinajstić information content (AvgIpc) is 2.95. The number of aromatic hydroxyl groups is 1. The Hall–Kier alpha value is 0.314. The summed E-state index contributed by atoms with van der Waals surface area (Å²) in [5.74, 6) is 1.23. The number of hydrogen-bond acceptors (Lipinski definition) is 1. The molecule has 0 saturated heterocycles. The van der Waals surface area contributed by atoms with Crippen LogP contribution in [0.5, 0.6) is 5.75 Å². The Bertz CT molecular complexity index is 515. The molecule has 0 unspecified atom stereocenters. The Morgan fingerprint density at radius 2 is 1.43 bits per heavy atom. The van der Waals surface area contributed by atoms with E-state index in [9.17, 15) is 5.11 Å². The second kappa shape index (κ2) is 8.61. The number of aryl methyl sites for hydroxylation is 1. The van der Waals surface area contributed by atoms with Crippen LogP contribution >= 0.6 is 18.6 Å². The predicted molar refractivity (Wildman–Crippen MR) is 98.2 cm³/mol. The molecule has 0 aliphatic heterocycles. The molecule has 0 spiro atoms. The van der Waals surface area contributed by atoms with E-state index in [0.29, 0.717) is 11.7 Å². The molecule has 23 heavy (non-hydrogen) atoms. The molecule has 1 aliphatic carbocycles. The van der Waals surface area contributed by atoms with Gasteiger partial charge in [0.15, 0.2) is 0 Å². The standard InChI is InChI=1S/C19H30O.2ClH.Ti/c1-13-11-15(18(2,3)4)17(20)16(12-13)19(5,6)14-9-7-8-10-14;;;/h11-12,14,20H,7-10H2,1-6H3;2*1H;/q;;;+2/p-2. The summed E-state index contributed by atoms with van der Waals surface area (Å²) in [4.78, 5) is 0. The monoisotopic (exact) mass is 392 g/mol. The molecule has 0 heterocycles. The zero-order valence-corrected chi connectivity index (χ0v) is 18.3. The second-order valence-corrected chi connectivity index (χ2v) is 10.8. The van der Waals surface area contributed by atoms with Crippen LogP contribution in [0.1, 0.15) is 77.0 Å².